The first kappa shape index (κ1) is 87.0. The molecule has 0 unspecified atom stereocenters. The van der Waals surface area contributed by atoms with Crippen molar-refractivity contribution in [2.45, 2.75) is 175 Å². The molecule has 4 aromatic carbocycles. The third kappa shape index (κ3) is 28.9. The zero-order valence-corrected chi connectivity index (χ0v) is 69.5. The van der Waals surface area contributed by atoms with E-state index in [1.54, 1.807) is 13.8 Å². The SMILES string of the molecule is CC(=O)NCC1(c2ccc(SCCCN3CCCC3)cc2)CCOCC1.CCN(CC1(c2ccc(OCCCN3CCSCC3)cc2)CCOCC1)C(C)=O.CCNCC1(c2ccc(SCCCN3CCCC3)cc2)CCOCC1.C[C@@H]1COCCN1CCCOc1ccc(C2(CN(C)C)CCOCC2)cc1. The van der Waals surface area contributed by atoms with E-state index in [4.69, 9.17) is 33.2 Å². The summed E-state index contributed by atoms with van der Waals surface area (Å²) in [5.74, 6) is 7.02. The average molecular weight is 1540 g/mol. The molecule has 8 fully saturated rings. The Morgan fingerprint density at radius 1 is 0.495 bits per heavy atom. The number of thioether (sulfide) groups is 3. The fraction of sp³-hybridized carbons (Fsp3) is 0.701. The minimum Gasteiger partial charge on any atom is -0.494 e. The molecular formula is C87H138N8O9S3. The number of rotatable bonds is 34. The Morgan fingerprint density at radius 2 is 0.897 bits per heavy atom. The van der Waals surface area contributed by atoms with E-state index < -0.39 is 0 Å². The minimum atomic E-state index is -0.0231. The zero-order valence-electron chi connectivity index (χ0n) is 67.0. The van der Waals surface area contributed by atoms with Crippen LogP contribution in [0.1, 0.15) is 160 Å². The molecule has 20 heteroatoms. The molecule has 0 bridgehead atoms. The summed E-state index contributed by atoms with van der Waals surface area (Å²) in [5.41, 5.74) is 5.97. The van der Waals surface area contributed by atoms with Crippen LogP contribution in [-0.2, 0) is 54.9 Å². The van der Waals surface area contributed by atoms with Crippen molar-refractivity contribution in [3.63, 3.8) is 0 Å². The molecule has 0 aliphatic carbocycles. The average Bonchev–Trinajstić information content (AvgIpc) is 1.09. The van der Waals surface area contributed by atoms with Crippen molar-refractivity contribution in [3.05, 3.63) is 119 Å². The molecule has 0 saturated carbocycles. The summed E-state index contributed by atoms with van der Waals surface area (Å²) in [6, 6.07) is 36.3. The lowest BCUT2D eigenvalue weighted by molar-refractivity contribution is -0.130. The lowest BCUT2D eigenvalue weighted by Gasteiger charge is -2.41. The smallest absolute Gasteiger partial charge is 0.219 e. The quantitative estimate of drug-likeness (QED) is 0.0338. The van der Waals surface area contributed by atoms with Crippen molar-refractivity contribution < 1.29 is 42.7 Å². The van der Waals surface area contributed by atoms with Gasteiger partial charge in [-0.05, 0) is 259 Å². The normalized spacial score (nSPS) is 21.0. The number of nitrogens with zero attached hydrogens (tertiary/aromatic N) is 6. The van der Waals surface area contributed by atoms with Crippen LogP contribution in [0.4, 0.5) is 0 Å². The van der Waals surface area contributed by atoms with E-state index in [1.165, 1.54) is 146 Å². The van der Waals surface area contributed by atoms with Crippen LogP contribution in [0.25, 0.3) is 0 Å². The highest BCUT2D eigenvalue weighted by molar-refractivity contribution is 7.99. The largest absolute Gasteiger partial charge is 0.494 e. The Balaban J connectivity index is 0.000000165. The maximum Gasteiger partial charge on any atom is 0.219 e. The maximum absolute atomic E-state index is 12.0. The second kappa shape index (κ2) is 47.5. The zero-order chi connectivity index (χ0) is 75.3. The van der Waals surface area contributed by atoms with Crippen LogP contribution in [0.15, 0.2) is 107 Å². The summed E-state index contributed by atoms with van der Waals surface area (Å²) in [7, 11) is 4.31. The second-order valence-electron chi connectivity index (χ2n) is 31.4. The molecule has 2 N–H and O–H groups in total. The van der Waals surface area contributed by atoms with Crippen LogP contribution in [0.5, 0.6) is 11.5 Å². The number of benzene rings is 4. The Labute approximate surface area is 659 Å². The van der Waals surface area contributed by atoms with Gasteiger partial charge in [0.25, 0.3) is 0 Å². The van der Waals surface area contributed by atoms with Crippen LogP contribution >= 0.6 is 35.3 Å². The molecule has 12 rings (SSSR count). The summed E-state index contributed by atoms with van der Waals surface area (Å²) >= 11 is 6.02. The Hall–Kier alpha value is -3.97. The molecule has 0 spiro atoms. The van der Waals surface area contributed by atoms with E-state index in [9.17, 15) is 9.59 Å². The van der Waals surface area contributed by atoms with Crippen molar-refractivity contribution in [1.82, 2.24) is 40.0 Å². The third-order valence-electron chi connectivity index (χ3n) is 23.5. The van der Waals surface area contributed by atoms with Crippen LogP contribution in [-0.4, -0.2) is 275 Å². The van der Waals surface area contributed by atoms with Gasteiger partial charge in [0.15, 0.2) is 0 Å². The topological polar surface area (TPSA) is 142 Å². The molecule has 8 aliphatic heterocycles. The number of hydrogen-bond acceptors (Lipinski definition) is 18. The molecule has 2 amide bonds. The Kier molecular flexibility index (Phi) is 38.6. The third-order valence-corrected chi connectivity index (χ3v) is 26.7. The van der Waals surface area contributed by atoms with Gasteiger partial charge in [-0.25, -0.2) is 0 Å². The molecule has 8 heterocycles. The van der Waals surface area contributed by atoms with Gasteiger partial charge in [-0.15, -0.1) is 23.5 Å². The molecule has 0 radical (unpaired) electrons. The van der Waals surface area contributed by atoms with E-state index >= 15 is 0 Å². The molecule has 4 aromatic rings. The van der Waals surface area contributed by atoms with Crippen molar-refractivity contribution in [2.75, 3.05) is 228 Å². The number of carbonyl (C=O) groups excluding carboxylic acids is 2. The van der Waals surface area contributed by atoms with Gasteiger partial charge in [-0.3, -0.25) is 14.5 Å². The van der Waals surface area contributed by atoms with Crippen molar-refractivity contribution in [1.29, 1.82) is 0 Å². The van der Waals surface area contributed by atoms with E-state index in [2.05, 4.69) is 172 Å². The number of carbonyl (C=O) groups is 2. The summed E-state index contributed by atoms with van der Waals surface area (Å²) in [5, 5.41) is 6.61. The Bertz CT molecular complexity index is 3060. The predicted molar refractivity (Wildman–Crippen MR) is 444 cm³/mol. The highest BCUT2D eigenvalue weighted by Crippen LogP contribution is 2.40. The predicted octanol–water partition coefficient (Wildman–Crippen LogP) is 13.6. The van der Waals surface area contributed by atoms with Crippen LogP contribution < -0.4 is 20.1 Å². The fourth-order valence-corrected chi connectivity index (χ4v) is 19.4. The number of ether oxygens (including phenoxy) is 7. The standard InChI is InChI=1S/C23H36N2O3S.C22H36N2O3.C21H32N2O2S.C21H34N2OS/c1-3-25(20(2)26)19-23(9-15-27-16-10-23)21-5-7-22(8-6-21)28-14-4-11-24-12-17-29-18-13-24;1-19-17-26-16-12-24(19)11-4-13-27-21-7-5-20(6-8-21)22(18-23(2)3)9-14-25-15-10-22;1-18(24)22-17-21(9-14-25-15-10-21)19-5-7-20(8-6-19)26-16-4-13-23-11-2-3-12-23;1-2-22-18-21(10-15-24-16-11-21)19-6-8-20(9-7-19)25-17-5-14-23-12-3-4-13-23/h5-8H,3-4,9-19H2,1-2H3;5-8,19H,4,9-18H2,1-3H3;5-8H,2-4,9-17H2,1H3,(H,22,24);6-9,22H,2-5,10-18H2,1H3/t;19-;;/m.1../s1. The first-order valence-corrected chi connectivity index (χ1v) is 44.5. The number of likely N-dealkylation sites (tertiary alicyclic amines) is 2. The number of likely N-dealkylation sites (N-methyl/N-ethyl adjacent to an activating group) is 3. The molecule has 8 saturated heterocycles. The molecule has 0 aromatic heterocycles. The first-order chi connectivity index (χ1) is 52.2. The van der Waals surface area contributed by atoms with Crippen molar-refractivity contribution in [2.24, 2.45) is 0 Å². The second-order valence-corrected chi connectivity index (χ2v) is 35.0. The van der Waals surface area contributed by atoms with Crippen molar-refractivity contribution in [3.8, 4) is 11.5 Å². The lowest BCUT2D eigenvalue weighted by Crippen LogP contribution is -2.46. The van der Waals surface area contributed by atoms with Crippen LogP contribution in [0, 0.1) is 0 Å². The highest BCUT2D eigenvalue weighted by Gasteiger charge is 2.39. The molecular weight excluding hydrogens is 1400 g/mol. The Morgan fingerprint density at radius 3 is 1.32 bits per heavy atom. The molecule has 1 atom stereocenters. The number of morpholine rings is 1. The summed E-state index contributed by atoms with van der Waals surface area (Å²) in [6.07, 6.45) is 18.5. The maximum atomic E-state index is 12.0. The summed E-state index contributed by atoms with van der Waals surface area (Å²) < 4.78 is 39.9. The first-order valence-electron chi connectivity index (χ1n) is 41.4. The van der Waals surface area contributed by atoms with E-state index in [-0.39, 0.29) is 33.5 Å². The minimum absolute atomic E-state index is 0.0167. The number of nitrogens with one attached hydrogen (secondary N) is 2. The van der Waals surface area contributed by atoms with Crippen molar-refractivity contribution >= 4 is 47.1 Å². The van der Waals surface area contributed by atoms with E-state index in [1.807, 2.05) is 35.3 Å². The number of hydrogen-bond donors (Lipinski definition) is 2. The van der Waals surface area contributed by atoms with Gasteiger partial charge in [0.1, 0.15) is 11.5 Å². The molecule has 598 valence electrons. The molecule has 17 nitrogen and oxygen atoms in total. The number of amides is 2. The van der Waals surface area contributed by atoms with Gasteiger partial charge >= 0.3 is 0 Å². The van der Waals surface area contributed by atoms with E-state index in [0.29, 0.717) is 12.6 Å². The fourth-order valence-electron chi connectivity index (χ4n) is 16.8. The summed E-state index contributed by atoms with van der Waals surface area (Å²) in [4.78, 5) is 40.6. The van der Waals surface area contributed by atoms with E-state index in [0.717, 1.165) is 207 Å². The van der Waals surface area contributed by atoms with Crippen LogP contribution in [0.2, 0.25) is 0 Å². The van der Waals surface area contributed by atoms with Gasteiger partial charge in [0, 0.05) is 181 Å². The van der Waals surface area contributed by atoms with Gasteiger partial charge in [-0.1, -0.05) is 55.5 Å². The van der Waals surface area contributed by atoms with Gasteiger partial charge in [0.2, 0.25) is 11.8 Å². The molecule has 8 aliphatic rings. The molecule has 107 heavy (non-hydrogen) atoms. The highest BCUT2D eigenvalue weighted by atomic mass is 32.2. The van der Waals surface area contributed by atoms with Gasteiger partial charge in [-0.2, -0.15) is 11.8 Å². The summed E-state index contributed by atoms with van der Waals surface area (Å²) in [6.45, 7) is 38.2. The van der Waals surface area contributed by atoms with Gasteiger partial charge in [0.05, 0.1) is 26.4 Å². The van der Waals surface area contributed by atoms with Gasteiger partial charge < -0.3 is 68.3 Å². The van der Waals surface area contributed by atoms with Crippen LogP contribution in [0.3, 0.4) is 0 Å². The lowest BCUT2D eigenvalue weighted by atomic mass is 9.73. The monoisotopic (exact) mass is 1530 g/mol.